The van der Waals surface area contributed by atoms with Crippen molar-refractivity contribution in [2.75, 3.05) is 11.9 Å². The van der Waals surface area contributed by atoms with Crippen molar-refractivity contribution in [3.05, 3.63) is 94.8 Å². The van der Waals surface area contributed by atoms with Crippen LogP contribution in [0.3, 0.4) is 0 Å². The van der Waals surface area contributed by atoms with Gasteiger partial charge in [0.1, 0.15) is 0 Å². The van der Waals surface area contributed by atoms with E-state index in [0.29, 0.717) is 31.7 Å². The van der Waals surface area contributed by atoms with Crippen molar-refractivity contribution in [1.82, 2.24) is 4.98 Å². The van der Waals surface area contributed by atoms with E-state index >= 15 is 0 Å². The summed E-state index contributed by atoms with van der Waals surface area (Å²) >= 11 is 0. The zero-order chi connectivity index (χ0) is 28.1. The molecule has 0 aliphatic rings. The van der Waals surface area contributed by atoms with E-state index in [-0.39, 0.29) is 12.3 Å². The van der Waals surface area contributed by atoms with Crippen molar-refractivity contribution in [3.8, 4) is 0 Å². The van der Waals surface area contributed by atoms with Crippen LogP contribution in [0.4, 0.5) is 5.69 Å². The molecular weight excluding hydrogens is 488 g/mol. The van der Waals surface area contributed by atoms with Crippen LogP contribution in [-0.4, -0.2) is 28.6 Å². The number of carboxylic acids is 1. The lowest BCUT2D eigenvalue weighted by Gasteiger charge is -2.25. The van der Waals surface area contributed by atoms with Gasteiger partial charge in [0.05, 0.1) is 23.4 Å². The summed E-state index contributed by atoms with van der Waals surface area (Å²) in [6, 6.07) is 22.0. The Morgan fingerprint density at radius 2 is 1.72 bits per heavy atom. The van der Waals surface area contributed by atoms with Crippen molar-refractivity contribution >= 4 is 29.7 Å². The highest BCUT2D eigenvalue weighted by Crippen LogP contribution is 2.31. The number of carbonyl (C=O) groups is 2. The van der Waals surface area contributed by atoms with Gasteiger partial charge in [0.2, 0.25) is 5.91 Å². The summed E-state index contributed by atoms with van der Waals surface area (Å²) in [4.78, 5) is 29.0. The smallest absolute Gasteiger partial charge is 0.310 e. The van der Waals surface area contributed by atoms with Crippen LogP contribution >= 0.6 is 0 Å². The number of amides is 1. The maximum Gasteiger partial charge on any atom is 0.310 e. The molecule has 6 nitrogen and oxygen atoms in total. The molecule has 0 saturated carbocycles. The van der Waals surface area contributed by atoms with Gasteiger partial charge in [0.15, 0.2) is 0 Å². The Labute approximate surface area is 232 Å². The van der Waals surface area contributed by atoms with E-state index in [1.54, 1.807) is 19.9 Å². The molecule has 0 unspecified atom stereocenters. The van der Waals surface area contributed by atoms with Crippen molar-refractivity contribution in [2.45, 2.75) is 65.9 Å². The highest BCUT2D eigenvalue weighted by molar-refractivity contribution is 5.94. The van der Waals surface area contributed by atoms with Crippen LogP contribution in [0.1, 0.15) is 74.0 Å². The van der Waals surface area contributed by atoms with Crippen LogP contribution in [-0.2, 0) is 27.4 Å². The van der Waals surface area contributed by atoms with Gasteiger partial charge in [-0.15, -0.1) is 0 Å². The highest BCUT2D eigenvalue weighted by atomic mass is 16.5. The summed E-state index contributed by atoms with van der Waals surface area (Å²) in [7, 11) is 0. The number of ether oxygens (including phenoxy) is 1. The van der Waals surface area contributed by atoms with Crippen molar-refractivity contribution in [3.63, 3.8) is 0 Å². The number of carboxylic acid groups (broad SMARTS) is 1. The molecular formula is C33H40N2O4. The Kier molecular flexibility index (Phi) is 11.4. The minimum atomic E-state index is -1.04. The highest BCUT2D eigenvalue weighted by Gasteiger charge is 2.37. The van der Waals surface area contributed by atoms with Crippen molar-refractivity contribution in [2.24, 2.45) is 5.41 Å². The third kappa shape index (κ3) is 9.48. The second-order valence-corrected chi connectivity index (χ2v) is 10.0. The van der Waals surface area contributed by atoms with Gasteiger partial charge in [-0.05, 0) is 80.5 Å². The fourth-order valence-electron chi connectivity index (χ4n) is 4.43. The summed E-state index contributed by atoms with van der Waals surface area (Å²) in [5, 5.41) is 12.5. The topological polar surface area (TPSA) is 88.5 Å². The number of pyridine rings is 1. The number of nitrogens with zero attached hydrogens (tertiary/aromatic N) is 1. The number of hydrogen-bond acceptors (Lipinski definition) is 4. The number of hydrogen-bond donors (Lipinski definition) is 2. The normalized spacial score (nSPS) is 11.6. The molecule has 1 heterocycles. The van der Waals surface area contributed by atoms with Gasteiger partial charge in [-0.1, -0.05) is 68.0 Å². The molecule has 206 valence electrons. The molecule has 0 bridgehead atoms. The summed E-state index contributed by atoms with van der Waals surface area (Å²) in [5.41, 5.74) is 4.85. The fraction of sp³-hybridized carbons (Fsp3) is 0.364. The number of aryl methyl sites for hydroxylation is 2. The van der Waals surface area contributed by atoms with Crippen LogP contribution in [0.5, 0.6) is 0 Å². The minimum absolute atomic E-state index is 0.0546. The number of aromatic nitrogens is 1. The van der Waals surface area contributed by atoms with Gasteiger partial charge in [-0.2, -0.15) is 0 Å². The van der Waals surface area contributed by atoms with Crippen LogP contribution in [0.25, 0.3) is 12.2 Å². The van der Waals surface area contributed by atoms with Crippen LogP contribution in [0, 0.1) is 12.3 Å². The first-order valence-corrected chi connectivity index (χ1v) is 13.7. The molecule has 0 atom stereocenters. The molecule has 1 amide bonds. The Morgan fingerprint density at radius 3 is 2.44 bits per heavy atom. The van der Waals surface area contributed by atoms with Crippen molar-refractivity contribution in [1.29, 1.82) is 0 Å². The quantitative estimate of drug-likeness (QED) is 0.202. The van der Waals surface area contributed by atoms with E-state index in [1.165, 1.54) is 11.1 Å². The molecule has 0 radical (unpaired) electrons. The van der Waals surface area contributed by atoms with E-state index in [0.717, 1.165) is 36.2 Å². The number of nitrogens with one attached hydrogen (secondary N) is 1. The monoisotopic (exact) mass is 528 g/mol. The summed E-state index contributed by atoms with van der Waals surface area (Å²) in [6.07, 6.45) is 7.78. The summed E-state index contributed by atoms with van der Waals surface area (Å²) in [5.74, 6) is -1.23. The third-order valence-corrected chi connectivity index (χ3v) is 7.13. The molecule has 0 saturated heterocycles. The molecule has 2 aromatic carbocycles. The summed E-state index contributed by atoms with van der Waals surface area (Å²) in [6.45, 7) is 6.89. The Balaban J connectivity index is 1.48. The average molecular weight is 529 g/mol. The first kappa shape index (κ1) is 29.8. The molecule has 6 heteroatoms. The molecule has 3 aromatic rings. The van der Waals surface area contributed by atoms with Crippen LogP contribution in [0.2, 0.25) is 0 Å². The maximum atomic E-state index is 12.6. The first-order valence-electron chi connectivity index (χ1n) is 13.7. The molecule has 0 spiro atoms. The van der Waals surface area contributed by atoms with Gasteiger partial charge in [0.25, 0.3) is 0 Å². The second-order valence-electron chi connectivity index (χ2n) is 10.0. The van der Waals surface area contributed by atoms with E-state index < -0.39 is 11.4 Å². The lowest BCUT2D eigenvalue weighted by Crippen LogP contribution is -2.34. The van der Waals surface area contributed by atoms with Gasteiger partial charge >= 0.3 is 5.97 Å². The maximum absolute atomic E-state index is 12.6. The van der Waals surface area contributed by atoms with E-state index in [9.17, 15) is 14.7 Å². The molecule has 39 heavy (non-hydrogen) atoms. The van der Waals surface area contributed by atoms with E-state index in [4.69, 9.17) is 4.74 Å². The number of anilines is 1. The van der Waals surface area contributed by atoms with E-state index in [1.807, 2.05) is 48.6 Å². The van der Waals surface area contributed by atoms with Gasteiger partial charge < -0.3 is 15.2 Å². The number of rotatable bonds is 15. The van der Waals surface area contributed by atoms with Crippen LogP contribution < -0.4 is 5.32 Å². The Morgan fingerprint density at radius 1 is 0.974 bits per heavy atom. The molecule has 1 aromatic heterocycles. The predicted molar refractivity (Wildman–Crippen MR) is 157 cm³/mol. The fourth-order valence-corrected chi connectivity index (χ4v) is 4.43. The van der Waals surface area contributed by atoms with Gasteiger partial charge in [-0.3, -0.25) is 14.6 Å². The molecule has 2 N–H and O–H groups in total. The number of benzene rings is 2. The zero-order valence-electron chi connectivity index (χ0n) is 23.3. The van der Waals surface area contributed by atoms with Gasteiger partial charge in [0, 0.05) is 18.7 Å². The third-order valence-electron chi connectivity index (χ3n) is 7.13. The summed E-state index contributed by atoms with van der Waals surface area (Å²) < 4.78 is 5.85. The minimum Gasteiger partial charge on any atom is -0.481 e. The standard InChI is InChI=1S/C33H40N2O4/c1-4-33(5-2,32(37)38)23-31(36)35-29-13-8-11-27(22-29)19-20-28-12-9-14-30(34-28)24-39-21-7-6-10-26-17-15-25(3)16-18-26/h8-9,11-20,22H,4-7,10,21,23-24H2,1-3H3,(H,35,36)(H,37,38)/b20-19-. The lowest BCUT2D eigenvalue weighted by atomic mass is 9.79. The number of aliphatic carboxylic acids is 1. The first-order chi connectivity index (χ1) is 18.8. The number of carbonyl (C=O) groups excluding carboxylic acids is 1. The average Bonchev–Trinajstić information content (AvgIpc) is 2.94. The van der Waals surface area contributed by atoms with E-state index in [2.05, 4.69) is 41.5 Å². The number of unbranched alkanes of at least 4 members (excludes halogenated alkanes) is 1. The van der Waals surface area contributed by atoms with Crippen LogP contribution in [0.15, 0.2) is 66.7 Å². The second kappa shape index (κ2) is 15.0. The lowest BCUT2D eigenvalue weighted by molar-refractivity contribution is -0.151. The Bertz CT molecular complexity index is 1250. The molecule has 0 fully saturated rings. The molecule has 3 rings (SSSR count). The SMILES string of the molecule is CCC(CC)(CC(=O)Nc1cccc(/C=C\c2cccc(COCCCCc3ccc(C)cc3)n2)c1)C(=O)O. The van der Waals surface area contributed by atoms with Gasteiger partial charge in [-0.25, -0.2) is 0 Å². The zero-order valence-corrected chi connectivity index (χ0v) is 23.3. The predicted octanol–water partition coefficient (Wildman–Crippen LogP) is 7.32. The Hall–Kier alpha value is -3.77. The van der Waals surface area contributed by atoms with Crippen molar-refractivity contribution < 1.29 is 19.4 Å². The molecule has 0 aliphatic carbocycles. The molecule has 0 aliphatic heterocycles. The largest absolute Gasteiger partial charge is 0.481 e.